The van der Waals surface area contributed by atoms with Crippen LogP contribution < -0.4 is 4.74 Å². The number of hydrogen-bond donors (Lipinski definition) is 0. The molecule has 4 heterocycles. The lowest BCUT2D eigenvalue weighted by Gasteiger charge is -2.34. The minimum absolute atomic E-state index is 0.00576. The van der Waals surface area contributed by atoms with Crippen LogP contribution >= 0.6 is 0 Å². The fourth-order valence-corrected chi connectivity index (χ4v) is 4.83. The van der Waals surface area contributed by atoms with E-state index in [0.29, 0.717) is 5.82 Å². The first-order valence-electron chi connectivity index (χ1n) is 10.4. The Hall–Kier alpha value is -3.85. The van der Waals surface area contributed by atoms with Crippen molar-refractivity contribution in [1.82, 2.24) is 19.1 Å². The molecule has 0 amide bonds. The van der Waals surface area contributed by atoms with Crippen LogP contribution in [0.4, 0.5) is 5.82 Å². The van der Waals surface area contributed by atoms with Gasteiger partial charge >= 0.3 is 0 Å². The predicted molar refractivity (Wildman–Crippen MR) is 118 cm³/mol. The van der Waals surface area contributed by atoms with Gasteiger partial charge in [0.15, 0.2) is 0 Å². The number of aromatic nitrogens is 4. The highest BCUT2D eigenvalue weighted by Gasteiger charge is 2.31. The molecule has 31 heavy (non-hydrogen) atoms. The van der Waals surface area contributed by atoms with Gasteiger partial charge in [0.1, 0.15) is 17.3 Å². The maximum absolute atomic E-state index is 7.35. The van der Waals surface area contributed by atoms with Crippen molar-refractivity contribution < 1.29 is 4.74 Å². The van der Waals surface area contributed by atoms with Crippen LogP contribution in [-0.4, -0.2) is 19.1 Å². The minimum Gasteiger partial charge on any atom is -0.457 e. The molecule has 0 bridgehead atoms. The summed E-state index contributed by atoms with van der Waals surface area (Å²) in [6.07, 6.45) is 7.41. The Morgan fingerprint density at radius 1 is 1.00 bits per heavy atom. The highest BCUT2D eigenvalue weighted by atomic mass is 16.5. The third-order valence-corrected chi connectivity index (χ3v) is 6.35. The molecule has 0 spiro atoms. The molecule has 152 valence electrons. The van der Waals surface area contributed by atoms with E-state index in [1.807, 2.05) is 29.0 Å². The second-order valence-corrected chi connectivity index (χ2v) is 8.80. The fraction of sp³-hybridized carbons (Fsp3) is 0.240. The third-order valence-electron chi connectivity index (χ3n) is 6.35. The molecule has 0 saturated heterocycles. The van der Waals surface area contributed by atoms with Gasteiger partial charge < -0.3 is 14.1 Å². The smallest absolute Gasteiger partial charge is 0.250 e. The van der Waals surface area contributed by atoms with Crippen LogP contribution in [0.2, 0.25) is 0 Å². The van der Waals surface area contributed by atoms with Gasteiger partial charge in [-0.2, -0.15) is 0 Å². The van der Waals surface area contributed by atoms with Crippen LogP contribution in [-0.2, 0) is 24.9 Å². The van der Waals surface area contributed by atoms with Gasteiger partial charge in [0.25, 0.3) is 0 Å². The highest BCUT2D eigenvalue weighted by molar-refractivity contribution is 5.68. The molecule has 6 nitrogen and oxygen atoms in total. The summed E-state index contributed by atoms with van der Waals surface area (Å²) < 4.78 is 10.5. The van der Waals surface area contributed by atoms with E-state index >= 15 is 0 Å². The van der Waals surface area contributed by atoms with E-state index in [1.165, 1.54) is 11.1 Å². The molecule has 2 aromatic heterocycles. The summed E-state index contributed by atoms with van der Waals surface area (Å²) >= 11 is 0. The molecule has 0 aliphatic carbocycles. The van der Waals surface area contributed by atoms with Crippen molar-refractivity contribution in [2.75, 3.05) is 0 Å². The molecule has 2 aliphatic rings. The summed E-state index contributed by atoms with van der Waals surface area (Å²) in [6, 6.07) is 12.4. The van der Waals surface area contributed by atoms with Crippen molar-refractivity contribution in [1.29, 1.82) is 0 Å². The van der Waals surface area contributed by atoms with E-state index < -0.39 is 0 Å². The zero-order valence-electron chi connectivity index (χ0n) is 17.5. The normalized spacial score (nSPS) is 15.3. The van der Waals surface area contributed by atoms with E-state index in [2.05, 4.69) is 57.6 Å². The maximum atomic E-state index is 7.35. The molecule has 6 heteroatoms. The van der Waals surface area contributed by atoms with Crippen molar-refractivity contribution in [3.63, 3.8) is 0 Å². The zero-order valence-corrected chi connectivity index (χ0v) is 17.5. The molecule has 0 fully saturated rings. The Morgan fingerprint density at radius 2 is 1.74 bits per heavy atom. The zero-order chi connectivity index (χ0) is 21.2. The van der Waals surface area contributed by atoms with Crippen molar-refractivity contribution in [2.24, 2.45) is 0 Å². The van der Waals surface area contributed by atoms with Gasteiger partial charge in [0, 0.05) is 35.5 Å². The standard InChI is InChI=1S/C25H21N5O/c1-25(2)14-17-5-7-19(13-21(17)24-27-9-11-30(24)25)31-18-6-4-16-8-10-29-22(26-3)15-28-23(29)20(16)12-18/h4-7,9,11-13,15H,8,10,14H2,1-2H3. The van der Waals surface area contributed by atoms with Crippen LogP contribution in [0.5, 0.6) is 11.5 Å². The third kappa shape index (κ3) is 2.70. The maximum Gasteiger partial charge on any atom is 0.250 e. The Morgan fingerprint density at radius 3 is 2.52 bits per heavy atom. The molecule has 0 atom stereocenters. The van der Waals surface area contributed by atoms with Crippen molar-refractivity contribution in [3.8, 4) is 34.3 Å². The van der Waals surface area contributed by atoms with Gasteiger partial charge in [0.05, 0.1) is 12.7 Å². The van der Waals surface area contributed by atoms with Crippen molar-refractivity contribution in [3.05, 3.63) is 77.5 Å². The predicted octanol–water partition coefficient (Wildman–Crippen LogP) is 5.60. The van der Waals surface area contributed by atoms with Crippen LogP contribution in [0.3, 0.4) is 0 Å². The number of ether oxygens (including phenoxy) is 1. The number of nitrogens with zero attached hydrogens (tertiary/aromatic N) is 5. The summed E-state index contributed by atoms with van der Waals surface area (Å²) in [5.74, 6) is 3.95. The summed E-state index contributed by atoms with van der Waals surface area (Å²) in [7, 11) is 0. The number of aryl methyl sites for hydroxylation is 1. The molecule has 0 N–H and O–H groups in total. The lowest BCUT2D eigenvalue weighted by atomic mass is 9.87. The van der Waals surface area contributed by atoms with Crippen molar-refractivity contribution in [2.45, 2.75) is 38.8 Å². The first kappa shape index (κ1) is 18.0. The lowest BCUT2D eigenvalue weighted by molar-refractivity contribution is 0.348. The van der Waals surface area contributed by atoms with Gasteiger partial charge in [-0.25, -0.2) is 9.97 Å². The summed E-state index contributed by atoms with van der Waals surface area (Å²) in [4.78, 5) is 12.7. The van der Waals surface area contributed by atoms with E-state index in [0.717, 1.165) is 53.7 Å². The Labute approximate surface area is 180 Å². The molecule has 0 radical (unpaired) electrons. The monoisotopic (exact) mass is 407 g/mol. The van der Waals surface area contributed by atoms with Crippen LogP contribution in [0.15, 0.2) is 55.0 Å². The molecule has 0 unspecified atom stereocenters. The largest absolute Gasteiger partial charge is 0.457 e. The average molecular weight is 407 g/mol. The SMILES string of the molecule is [C-]#[N+]c1cnc2n1CCc1ccc(Oc3ccc4c(c3)-c3nccn3C(C)(C)C4)cc1-2. The summed E-state index contributed by atoms with van der Waals surface area (Å²) in [6.45, 7) is 12.6. The number of imidazole rings is 2. The molecule has 2 aliphatic heterocycles. The van der Waals surface area contributed by atoms with Gasteiger partial charge in [-0.1, -0.05) is 18.7 Å². The summed E-state index contributed by atoms with van der Waals surface area (Å²) in [5, 5.41) is 0. The van der Waals surface area contributed by atoms with Crippen LogP contribution in [0, 0.1) is 6.57 Å². The van der Waals surface area contributed by atoms with Gasteiger partial charge in [-0.15, -0.1) is 0 Å². The second-order valence-electron chi connectivity index (χ2n) is 8.80. The van der Waals surface area contributed by atoms with E-state index in [-0.39, 0.29) is 5.54 Å². The first-order chi connectivity index (χ1) is 15.0. The fourth-order valence-electron chi connectivity index (χ4n) is 4.83. The Kier molecular flexibility index (Phi) is 3.66. The number of hydrogen-bond acceptors (Lipinski definition) is 3. The van der Waals surface area contributed by atoms with Gasteiger partial charge in [-0.3, -0.25) is 4.57 Å². The van der Waals surface area contributed by atoms with E-state index in [9.17, 15) is 0 Å². The topological polar surface area (TPSA) is 49.2 Å². The number of rotatable bonds is 2. The molecule has 0 saturated carbocycles. The lowest BCUT2D eigenvalue weighted by Crippen LogP contribution is -2.32. The molecule has 2 aromatic carbocycles. The average Bonchev–Trinajstić information content (AvgIpc) is 3.42. The first-order valence-corrected chi connectivity index (χ1v) is 10.4. The molecular weight excluding hydrogens is 386 g/mol. The minimum atomic E-state index is 0.00576. The highest BCUT2D eigenvalue weighted by Crippen LogP contribution is 2.40. The molecule has 6 rings (SSSR count). The number of fused-ring (bicyclic) bond motifs is 6. The molecular formula is C25H21N5O. The summed E-state index contributed by atoms with van der Waals surface area (Å²) in [5.41, 5.74) is 4.68. The van der Waals surface area contributed by atoms with E-state index in [1.54, 1.807) is 6.20 Å². The van der Waals surface area contributed by atoms with Crippen LogP contribution in [0.25, 0.3) is 27.6 Å². The molecule has 4 aromatic rings. The Balaban J connectivity index is 1.36. The van der Waals surface area contributed by atoms with E-state index in [4.69, 9.17) is 11.3 Å². The second kappa shape index (κ2) is 6.32. The van der Waals surface area contributed by atoms with Gasteiger partial charge in [0.2, 0.25) is 11.6 Å². The van der Waals surface area contributed by atoms with Crippen LogP contribution in [0.1, 0.15) is 25.0 Å². The Bertz CT molecular complexity index is 1390. The van der Waals surface area contributed by atoms with Gasteiger partial charge in [-0.05, 0) is 55.7 Å². The quantitative estimate of drug-likeness (QED) is 0.406. The number of benzene rings is 2. The van der Waals surface area contributed by atoms with Crippen molar-refractivity contribution >= 4 is 5.82 Å².